The molecule has 1 aromatic carbocycles. The van der Waals surface area contributed by atoms with Crippen LogP contribution >= 0.6 is 11.6 Å². The van der Waals surface area contributed by atoms with Crippen LogP contribution in [-0.2, 0) is 4.79 Å². The molecule has 1 unspecified atom stereocenters. The van der Waals surface area contributed by atoms with E-state index in [1.807, 2.05) is 25.1 Å². The van der Waals surface area contributed by atoms with Gasteiger partial charge in [0.2, 0.25) is 5.91 Å². The van der Waals surface area contributed by atoms with Gasteiger partial charge >= 0.3 is 0 Å². The summed E-state index contributed by atoms with van der Waals surface area (Å²) in [5.74, 6) is 0.00635. The largest absolute Gasteiger partial charge is 0.379 e. The third-order valence-electron chi connectivity index (χ3n) is 2.52. The SMILES string of the molecule is CCCNC(=O)CC(CN)Nc1ccccc1Cl. The normalized spacial score (nSPS) is 11.9. The number of carbonyl (C=O) groups is 1. The number of carbonyl (C=O) groups excluding carboxylic acids is 1. The number of anilines is 1. The van der Waals surface area contributed by atoms with Crippen molar-refractivity contribution in [3.8, 4) is 0 Å². The van der Waals surface area contributed by atoms with Crippen LogP contribution in [0.15, 0.2) is 24.3 Å². The number of hydrogen-bond donors (Lipinski definition) is 3. The fourth-order valence-electron chi connectivity index (χ4n) is 1.55. The van der Waals surface area contributed by atoms with Crippen molar-refractivity contribution in [3.05, 3.63) is 29.3 Å². The van der Waals surface area contributed by atoms with E-state index in [0.717, 1.165) is 12.1 Å². The van der Waals surface area contributed by atoms with Crippen LogP contribution in [0.3, 0.4) is 0 Å². The fraction of sp³-hybridized carbons (Fsp3) is 0.462. The summed E-state index contributed by atoms with van der Waals surface area (Å²) in [5.41, 5.74) is 6.47. The Labute approximate surface area is 113 Å². The molecular formula is C13H20ClN3O. The zero-order valence-electron chi connectivity index (χ0n) is 10.6. The Balaban J connectivity index is 2.52. The molecule has 0 aliphatic heterocycles. The molecule has 1 amide bonds. The van der Waals surface area contributed by atoms with Crippen LogP contribution in [0.1, 0.15) is 19.8 Å². The van der Waals surface area contributed by atoms with E-state index < -0.39 is 0 Å². The number of amides is 1. The monoisotopic (exact) mass is 269 g/mol. The molecule has 0 aromatic heterocycles. The highest BCUT2D eigenvalue weighted by Crippen LogP contribution is 2.21. The Kier molecular flexibility index (Phi) is 6.54. The van der Waals surface area contributed by atoms with Gasteiger partial charge in [-0.25, -0.2) is 0 Å². The molecule has 0 saturated carbocycles. The van der Waals surface area contributed by atoms with E-state index in [4.69, 9.17) is 17.3 Å². The smallest absolute Gasteiger partial charge is 0.222 e. The van der Waals surface area contributed by atoms with Crippen molar-refractivity contribution >= 4 is 23.2 Å². The van der Waals surface area contributed by atoms with Gasteiger partial charge in [-0.3, -0.25) is 4.79 Å². The van der Waals surface area contributed by atoms with Gasteiger partial charge in [0.05, 0.1) is 10.7 Å². The van der Waals surface area contributed by atoms with E-state index in [2.05, 4.69) is 10.6 Å². The van der Waals surface area contributed by atoms with Gasteiger partial charge in [-0.1, -0.05) is 30.7 Å². The van der Waals surface area contributed by atoms with Crippen molar-refractivity contribution < 1.29 is 4.79 Å². The second-order valence-corrected chi connectivity index (χ2v) is 4.52. The number of rotatable bonds is 7. The number of nitrogens with two attached hydrogens (primary N) is 1. The Bertz CT molecular complexity index is 384. The van der Waals surface area contributed by atoms with Gasteiger partial charge in [0, 0.05) is 25.6 Å². The maximum atomic E-state index is 11.6. The first kappa shape index (κ1) is 14.8. The molecule has 0 bridgehead atoms. The van der Waals surface area contributed by atoms with Crippen molar-refractivity contribution in [1.29, 1.82) is 0 Å². The first-order valence-corrected chi connectivity index (χ1v) is 6.53. The maximum Gasteiger partial charge on any atom is 0.222 e. The van der Waals surface area contributed by atoms with E-state index in [-0.39, 0.29) is 11.9 Å². The van der Waals surface area contributed by atoms with Crippen molar-refractivity contribution in [2.75, 3.05) is 18.4 Å². The summed E-state index contributed by atoms with van der Waals surface area (Å²) in [4.78, 5) is 11.6. The van der Waals surface area contributed by atoms with Crippen molar-refractivity contribution in [2.24, 2.45) is 5.73 Å². The van der Waals surface area contributed by atoms with Crippen LogP contribution in [0.5, 0.6) is 0 Å². The first-order valence-electron chi connectivity index (χ1n) is 6.15. The summed E-state index contributed by atoms with van der Waals surface area (Å²) < 4.78 is 0. The highest BCUT2D eigenvalue weighted by atomic mass is 35.5. The molecule has 4 N–H and O–H groups in total. The number of para-hydroxylation sites is 1. The lowest BCUT2D eigenvalue weighted by molar-refractivity contribution is -0.121. The van der Waals surface area contributed by atoms with Gasteiger partial charge in [0.1, 0.15) is 0 Å². The minimum absolute atomic E-state index is 0.00635. The van der Waals surface area contributed by atoms with Gasteiger partial charge in [-0.05, 0) is 18.6 Å². The summed E-state index contributed by atoms with van der Waals surface area (Å²) in [5, 5.41) is 6.65. The quantitative estimate of drug-likeness (QED) is 0.709. The molecule has 0 radical (unpaired) electrons. The zero-order chi connectivity index (χ0) is 13.4. The zero-order valence-corrected chi connectivity index (χ0v) is 11.3. The number of halogens is 1. The highest BCUT2D eigenvalue weighted by Gasteiger charge is 2.12. The molecular weight excluding hydrogens is 250 g/mol. The molecule has 0 saturated heterocycles. The topological polar surface area (TPSA) is 67.2 Å². The average Bonchev–Trinajstić information content (AvgIpc) is 2.38. The lowest BCUT2D eigenvalue weighted by atomic mass is 10.1. The third kappa shape index (κ3) is 4.94. The molecule has 100 valence electrons. The minimum atomic E-state index is -0.109. The Hall–Kier alpha value is -1.26. The van der Waals surface area contributed by atoms with Crippen molar-refractivity contribution in [1.82, 2.24) is 5.32 Å². The molecule has 0 aliphatic rings. The molecule has 18 heavy (non-hydrogen) atoms. The van der Waals surface area contributed by atoms with Crippen LogP contribution in [0.4, 0.5) is 5.69 Å². The van der Waals surface area contributed by atoms with Crippen LogP contribution in [0, 0.1) is 0 Å². The Morgan fingerprint density at radius 2 is 2.17 bits per heavy atom. The fourth-order valence-corrected chi connectivity index (χ4v) is 1.74. The third-order valence-corrected chi connectivity index (χ3v) is 2.85. The molecule has 0 aliphatic carbocycles. The van der Waals surface area contributed by atoms with Crippen LogP contribution in [-0.4, -0.2) is 25.0 Å². The van der Waals surface area contributed by atoms with Crippen LogP contribution in [0.2, 0.25) is 5.02 Å². The lowest BCUT2D eigenvalue weighted by Crippen LogP contribution is -2.36. The van der Waals surface area contributed by atoms with Gasteiger partial charge < -0.3 is 16.4 Å². The molecule has 0 spiro atoms. The average molecular weight is 270 g/mol. The highest BCUT2D eigenvalue weighted by molar-refractivity contribution is 6.33. The maximum absolute atomic E-state index is 11.6. The molecule has 0 heterocycles. The predicted octanol–water partition coefficient (Wildman–Crippen LogP) is 2.00. The van der Waals surface area contributed by atoms with Gasteiger partial charge in [0.25, 0.3) is 0 Å². The minimum Gasteiger partial charge on any atom is -0.379 e. The predicted molar refractivity (Wildman–Crippen MR) is 75.8 cm³/mol. The summed E-state index contributed by atoms with van der Waals surface area (Å²) >= 11 is 6.04. The van der Waals surface area contributed by atoms with E-state index in [0.29, 0.717) is 24.5 Å². The number of nitrogens with one attached hydrogen (secondary N) is 2. The van der Waals surface area contributed by atoms with E-state index in [9.17, 15) is 4.79 Å². The number of hydrogen-bond acceptors (Lipinski definition) is 3. The molecule has 4 nitrogen and oxygen atoms in total. The van der Waals surface area contributed by atoms with Crippen molar-refractivity contribution in [3.63, 3.8) is 0 Å². The standard InChI is InChI=1S/C13H20ClN3O/c1-2-7-16-13(18)8-10(9-15)17-12-6-4-3-5-11(12)14/h3-6,10,17H,2,7-9,15H2,1H3,(H,16,18). The Morgan fingerprint density at radius 1 is 1.44 bits per heavy atom. The molecule has 1 aromatic rings. The van der Waals surface area contributed by atoms with Gasteiger partial charge in [-0.15, -0.1) is 0 Å². The summed E-state index contributed by atoms with van der Waals surface area (Å²) in [6.45, 7) is 3.09. The summed E-state index contributed by atoms with van der Waals surface area (Å²) in [6, 6.07) is 7.31. The van der Waals surface area contributed by atoms with E-state index in [1.165, 1.54) is 0 Å². The molecule has 0 fully saturated rings. The summed E-state index contributed by atoms with van der Waals surface area (Å²) in [7, 11) is 0. The van der Waals surface area contributed by atoms with Crippen molar-refractivity contribution in [2.45, 2.75) is 25.8 Å². The summed E-state index contributed by atoms with van der Waals surface area (Å²) in [6.07, 6.45) is 1.28. The van der Waals surface area contributed by atoms with E-state index >= 15 is 0 Å². The van der Waals surface area contributed by atoms with Gasteiger partial charge in [0.15, 0.2) is 0 Å². The molecule has 1 atom stereocenters. The number of benzene rings is 1. The van der Waals surface area contributed by atoms with Crippen LogP contribution < -0.4 is 16.4 Å². The molecule has 5 heteroatoms. The second-order valence-electron chi connectivity index (χ2n) is 4.11. The lowest BCUT2D eigenvalue weighted by Gasteiger charge is -2.18. The van der Waals surface area contributed by atoms with E-state index in [1.54, 1.807) is 6.07 Å². The first-order chi connectivity index (χ1) is 8.67. The second kappa shape index (κ2) is 7.95. The molecule has 1 rings (SSSR count). The Morgan fingerprint density at radius 3 is 2.78 bits per heavy atom. The van der Waals surface area contributed by atoms with Crippen LogP contribution in [0.25, 0.3) is 0 Å². The van der Waals surface area contributed by atoms with Gasteiger partial charge in [-0.2, -0.15) is 0 Å².